The van der Waals surface area contributed by atoms with E-state index in [1.807, 2.05) is 13.2 Å². The molecule has 0 spiro atoms. The first-order chi connectivity index (χ1) is 16.0. The average Bonchev–Trinajstić information content (AvgIpc) is 3.44. The number of aryl methyl sites for hydroxylation is 1. The lowest BCUT2D eigenvalue weighted by Crippen LogP contribution is -2.24. The quantitative estimate of drug-likeness (QED) is 0.425. The molecule has 0 atom stereocenters. The summed E-state index contributed by atoms with van der Waals surface area (Å²) >= 11 is 0. The second-order valence-corrected chi connectivity index (χ2v) is 7.07. The highest BCUT2D eigenvalue weighted by Crippen LogP contribution is 2.20. The molecule has 1 N–H and O–H groups in total. The SMILES string of the molecule is Cn1cc2cc(-n3nc4ccc(OCC(F)F)nc4c(C#Cc4cc[nH]n4)c3=O)ccc2n1. The minimum atomic E-state index is -2.66. The van der Waals surface area contributed by atoms with E-state index in [9.17, 15) is 13.6 Å². The van der Waals surface area contributed by atoms with E-state index in [0.717, 1.165) is 10.9 Å². The number of ether oxygens (including phenoxy) is 1. The molecule has 4 heterocycles. The van der Waals surface area contributed by atoms with Crippen molar-refractivity contribution in [2.24, 2.45) is 7.05 Å². The van der Waals surface area contributed by atoms with Gasteiger partial charge in [0.05, 0.1) is 11.2 Å². The molecule has 11 heteroatoms. The van der Waals surface area contributed by atoms with Crippen LogP contribution in [-0.2, 0) is 7.05 Å². The number of nitrogens with one attached hydrogen (secondary N) is 1. The summed E-state index contributed by atoms with van der Waals surface area (Å²) in [5.41, 5.74) is 1.72. The van der Waals surface area contributed by atoms with E-state index in [0.29, 0.717) is 16.9 Å². The molecule has 0 aliphatic rings. The first kappa shape index (κ1) is 20.3. The summed E-state index contributed by atoms with van der Waals surface area (Å²) in [6.07, 6.45) is 0.775. The second kappa shape index (κ2) is 8.16. The van der Waals surface area contributed by atoms with Gasteiger partial charge in [-0.15, -0.1) is 0 Å². The molecule has 0 fully saturated rings. The molecule has 0 aliphatic carbocycles. The molecule has 33 heavy (non-hydrogen) atoms. The lowest BCUT2D eigenvalue weighted by molar-refractivity contribution is 0.0797. The van der Waals surface area contributed by atoms with Crippen LogP contribution in [0.3, 0.4) is 0 Å². The van der Waals surface area contributed by atoms with Gasteiger partial charge in [-0.05, 0) is 36.3 Å². The average molecular weight is 447 g/mol. The Labute approximate surface area is 184 Å². The smallest absolute Gasteiger partial charge is 0.289 e. The Morgan fingerprint density at radius 3 is 2.76 bits per heavy atom. The van der Waals surface area contributed by atoms with Gasteiger partial charge in [0, 0.05) is 30.9 Å². The Bertz CT molecular complexity index is 1590. The van der Waals surface area contributed by atoms with E-state index < -0.39 is 18.6 Å². The minimum absolute atomic E-state index is 0.0387. The predicted octanol–water partition coefficient (Wildman–Crippen LogP) is 2.43. The zero-order valence-electron chi connectivity index (χ0n) is 17.2. The molecule has 0 amide bonds. The number of hydrogen-bond acceptors (Lipinski definition) is 6. The topological polar surface area (TPSA) is 104 Å². The van der Waals surface area contributed by atoms with Crippen LogP contribution in [0.15, 0.2) is 53.6 Å². The molecule has 9 nitrogen and oxygen atoms in total. The Hall–Kier alpha value is -4.59. The standard InChI is InChI=1S/C22H15F2N7O2/c1-30-11-13-10-15(3-5-17(13)28-30)31-22(32)16(4-2-14-8-9-25-27-14)21-18(29-31)6-7-20(26-21)33-12-19(23)24/h3,5-11,19H,12H2,1H3,(H,25,27). The number of benzene rings is 1. The highest BCUT2D eigenvalue weighted by Gasteiger charge is 2.15. The van der Waals surface area contributed by atoms with E-state index in [-0.39, 0.29) is 17.0 Å². The van der Waals surface area contributed by atoms with Crippen molar-refractivity contribution >= 4 is 21.9 Å². The number of aromatic nitrogens is 7. The number of pyridine rings is 1. The minimum Gasteiger partial charge on any atom is -0.472 e. The predicted molar refractivity (Wildman–Crippen MR) is 115 cm³/mol. The maximum Gasteiger partial charge on any atom is 0.289 e. The molecule has 0 saturated carbocycles. The molecule has 0 aliphatic heterocycles. The van der Waals surface area contributed by atoms with Crippen LogP contribution in [-0.4, -0.2) is 47.8 Å². The monoisotopic (exact) mass is 447 g/mol. The number of halogens is 2. The first-order valence-electron chi connectivity index (χ1n) is 9.78. The highest BCUT2D eigenvalue weighted by atomic mass is 19.3. The Morgan fingerprint density at radius 2 is 1.97 bits per heavy atom. The van der Waals surface area contributed by atoms with Gasteiger partial charge in [0.25, 0.3) is 12.0 Å². The van der Waals surface area contributed by atoms with Gasteiger partial charge < -0.3 is 4.74 Å². The molecule has 164 valence electrons. The van der Waals surface area contributed by atoms with Crippen LogP contribution in [0, 0.1) is 11.8 Å². The van der Waals surface area contributed by atoms with Crippen LogP contribution in [0.4, 0.5) is 8.78 Å². The number of nitrogens with zero attached hydrogens (tertiary/aromatic N) is 6. The summed E-state index contributed by atoms with van der Waals surface area (Å²) < 4.78 is 33.0. The summed E-state index contributed by atoms with van der Waals surface area (Å²) in [7, 11) is 1.81. The van der Waals surface area contributed by atoms with Gasteiger partial charge in [-0.25, -0.2) is 13.8 Å². The lowest BCUT2D eigenvalue weighted by atomic mass is 10.2. The Kier molecular flexibility index (Phi) is 5.02. The van der Waals surface area contributed by atoms with Gasteiger partial charge in [0.1, 0.15) is 22.3 Å². The van der Waals surface area contributed by atoms with Crippen LogP contribution in [0.2, 0.25) is 0 Å². The van der Waals surface area contributed by atoms with Crippen molar-refractivity contribution in [3.8, 4) is 23.4 Å². The van der Waals surface area contributed by atoms with Gasteiger partial charge in [-0.1, -0.05) is 5.92 Å². The fourth-order valence-electron chi connectivity index (χ4n) is 3.30. The van der Waals surface area contributed by atoms with Crippen molar-refractivity contribution in [2.75, 3.05) is 6.61 Å². The summed E-state index contributed by atoms with van der Waals surface area (Å²) in [5, 5.41) is 16.2. The summed E-state index contributed by atoms with van der Waals surface area (Å²) in [5.74, 6) is 5.57. The molecule has 0 radical (unpaired) electrons. The molecular weight excluding hydrogens is 432 g/mol. The van der Waals surface area contributed by atoms with E-state index in [4.69, 9.17) is 4.74 Å². The summed E-state index contributed by atoms with van der Waals surface area (Å²) in [4.78, 5) is 17.6. The number of fused-ring (bicyclic) bond motifs is 2. The van der Waals surface area contributed by atoms with Crippen LogP contribution < -0.4 is 10.3 Å². The third-order valence-electron chi connectivity index (χ3n) is 4.72. The largest absolute Gasteiger partial charge is 0.472 e. The summed E-state index contributed by atoms with van der Waals surface area (Å²) in [6.45, 7) is -0.817. The molecule has 4 aromatic heterocycles. The van der Waals surface area contributed by atoms with E-state index >= 15 is 0 Å². The third-order valence-corrected chi connectivity index (χ3v) is 4.72. The highest BCUT2D eigenvalue weighted by molar-refractivity contribution is 5.82. The van der Waals surface area contributed by atoms with Crippen molar-refractivity contribution in [3.05, 3.63) is 70.4 Å². The molecule has 0 bridgehead atoms. The fourth-order valence-corrected chi connectivity index (χ4v) is 3.30. The van der Waals surface area contributed by atoms with Crippen molar-refractivity contribution < 1.29 is 13.5 Å². The maximum atomic E-state index is 13.4. The maximum absolute atomic E-state index is 13.4. The van der Waals surface area contributed by atoms with Crippen LogP contribution in [0.25, 0.3) is 27.6 Å². The van der Waals surface area contributed by atoms with Gasteiger partial charge in [-0.2, -0.15) is 20.0 Å². The third kappa shape index (κ3) is 4.01. The van der Waals surface area contributed by atoms with Crippen LogP contribution >= 0.6 is 0 Å². The van der Waals surface area contributed by atoms with E-state index in [2.05, 4.69) is 37.2 Å². The molecule has 0 saturated heterocycles. The van der Waals surface area contributed by atoms with Crippen molar-refractivity contribution in [2.45, 2.75) is 6.43 Å². The van der Waals surface area contributed by atoms with Gasteiger partial charge in [0.2, 0.25) is 5.88 Å². The van der Waals surface area contributed by atoms with E-state index in [1.54, 1.807) is 41.2 Å². The van der Waals surface area contributed by atoms with E-state index in [1.165, 1.54) is 10.7 Å². The molecule has 5 aromatic rings. The van der Waals surface area contributed by atoms with Crippen molar-refractivity contribution in [1.29, 1.82) is 0 Å². The van der Waals surface area contributed by atoms with Crippen LogP contribution in [0.1, 0.15) is 11.3 Å². The number of H-pyrrole nitrogens is 1. The lowest BCUT2D eigenvalue weighted by Gasteiger charge is -2.10. The van der Waals surface area contributed by atoms with Crippen molar-refractivity contribution in [3.63, 3.8) is 0 Å². The van der Waals surface area contributed by atoms with Gasteiger partial charge >= 0.3 is 0 Å². The zero-order valence-corrected chi connectivity index (χ0v) is 17.2. The molecule has 0 unspecified atom stereocenters. The van der Waals surface area contributed by atoms with Gasteiger partial charge in [0.15, 0.2) is 6.61 Å². The first-order valence-corrected chi connectivity index (χ1v) is 9.78. The van der Waals surface area contributed by atoms with Crippen LogP contribution in [0.5, 0.6) is 5.88 Å². The second-order valence-electron chi connectivity index (χ2n) is 7.07. The number of alkyl halides is 2. The number of hydrogen-bond donors (Lipinski definition) is 1. The molecular formula is C22H15F2N7O2. The van der Waals surface area contributed by atoms with Gasteiger partial charge in [-0.3, -0.25) is 14.6 Å². The Morgan fingerprint density at radius 1 is 1.12 bits per heavy atom. The number of aromatic amines is 1. The van der Waals surface area contributed by atoms with Crippen molar-refractivity contribution in [1.82, 2.24) is 34.7 Å². The summed E-state index contributed by atoms with van der Waals surface area (Å²) in [6, 6.07) is 9.92. The Balaban J connectivity index is 1.70. The number of rotatable bonds is 4. The molecule has 1 aromatic carbocycles. The normalized spacial score (nSPS) is 11.2. The fraction of sp³-hybridized carbons (Fsp3) is 0.136. The zero-order chi connectivity index (χ0) is 22.9. The molecule has 5 rings (SSSR count).